The lowest BCUT2D eigenvalue weighted by Crippen LogP contribution is -2.04. The fourth-order valence-electron chi connectivity index (χ4n) is 2.29. The van der Waals surface area contributed by atoms with Crippen molar-refractivity contribution in [3.05, 3.63) is 82.5 Å². The molecule has 1 N–H and O–H groups in total. The number of para-hydroxylation sites is 1. The summed E-state index contributed by atoms with van der Waals surface area (Å²) in [6, 6.07) is 19.0. The van der Waals surface area contributed by atoms with Crippen molar-refractivity contribution in [1.29, 1.82) is 0 Å². The van der Waals surface area contributed by atoms with Crippen molar-refractivity contribution in [2.45, 2.75) is 6.92 Å². The highest BCUT2D eigenvalue weighted by atomic mass is 32.2. The Bertz CT molecular complexity index is 821. The number of benzene rings is 2. The largest absolute Gasteiger partial charge is 0.506 e. The predicted octanol–water partition coefficient (Wildman–Crippen LogP) is 4.91. The van der Waals surface area contributed by atoms with E-state index in [-0.39, 0.29) is 16.4 Å². The molecule has 0 fully saturated rings. The first kappa shape index (κ1) is 15.3. The minimum absolute atomic E-state index is 0.000958. The van der Waals surface area contributed by atoms with Gasteiger partial charge in [-0.05, 0) is 42.5 Å². The van der Waals surface area contributed by atoms with Gasteiger partial charge in [-0.25, -0.2) is 0 Å². The Kier molecular flexibility index (Phi) is 4.44. The fourth-order valence-corrected chi connectivity index (χ4v) is 3.23. The predicted molar refractivity (Wildman–Crippen MR) is 95.9 cm³/mol. The Morgan fingerprint density at radius 2 is 1.65 bits per heavy atom. The molecule has 3 rings (SSSR count). The maximum atomic E-state index is 12.2. The number of thioether (sulfide) groups is 1. The normalized spacial score (nSPS) is 17.2. The average Bonchev–Trinajstić information content (AvgIpc) is 2.83. The number of hydrogen-bond acceptors (Lipinski definition) is 4. The Hall–Kier alpha value is -2.59. The van der Waals surface area contributed by atoms with Crippen molar-refractivity contribution in [1.82, 2.24) is 0 Å². The lowest BCUT2D eigenvalue weighted by atomic mass is 10.1. The molecule has 1 heterocycles. The molecule has 114 valence electrons. The first-order chi connectivity index (χ1) is 11.1. The third-order valence-corrected chi connectivity index (χ3v) is 4.31. The van der Waals surface area contributed by atoms with Crippen LogP contribution in [-0.2, 0) is 4.79 Å². The number of carbonyl (C=O) groups is 1. The number of aliphatic hydroxyl groups excluding tert-OH is 1. The van der Waals surface area contributed by atoms with Crippen LogP contribution in [0, 0.1) is 0 Å². The SMILES string of the molecule is CC(=Nc1ccccc1)C1=C(O)/C(=C\c2ccccc2)SC1=O. The van der Waals surface area contributed by atoms with Gasteiger partial charge < -0.3 is 5.11 Å². The molecule has 3 nitrogen and oxygen atoms in total. The lowest BCUT2D eigenvalue weighted by molar-refractivity contribution is -0.107. The third kappa shape index (κ3) is 3.43. The molecule has 0 amide bonds. The summed E-state index contributed by atoms with van der Waals surface area (Å²) in [5.74, 6) is 0.000958. The second-order valence-electron chi connectivity index (χ2n) is 5.07. The summed E-state index contributed by atoms with van der Waals surface area (Å²) < 4.78 is 0. The van der Waals surface area contributed by atoms with Crippen LogP contribution in [0.2, 0.25) is 0 Å². The van der Waals surface area contributed by atoms with Crippen LogP contribution in [0.5, 0.6) is 0 Å². The maximum Gasteiger partial charge on any atom is 0.229 e. The van der Waals surface area contributed by atoms with Gasteiger partial charge in [-0.3, -0.25) is 9.79 Å². The van der Waals surface area contributed by atoms with Crippen molar-refractivity contribution >= 4 is 34.4 Å². The zero-order valence-electron chi connectivity index (χ0n) is 12.6. The number of rotatable bonds is 3. The van der Waals surface area contributed by atoms with Gasteiger partial charge in [0.25, 0.3) is 0 Å². The molecule has 0 aliphatic carbocycles. The highest BCUT2D eigenvalue weighted by molar-refractivity contribution is 8.18. The van der Waals surface area contributed by atoms with Gasteiger partial charge in [0.05, 0.1) is 21.9 Å². The van der Waals surface area contributed by atoms with E-state index in [0.29, 0.717) is 10.6 Å². The van der Waals surface area contributed by atoms with Crippen LogP contribution in [0.1, 0.15) is 12.5 Å². The van der Waals surface area contributed by atoms with Gasteiger partial charge in [-0.15, -0.1) is 0 Å². The van der Waals surface area contributed by atoms with E-state index in [9.17, 15) is 9.90 Å². The van der Waals surface area contributed by atoms with Crippen molar-refractivity contribution in [2.24, 2.45) is 4.99 Å². The van der Waals surface area contributed by atoms with E-state index in [2.05, 4.69) is 4.99 Å². The maximum absolute atomic E-state index is 12.2. The van der Waals surface area contributed by atoms with Gasteiger partial charge in [0.2, 0.25) is 5.12 Å². The van der Waals surface area contributed by atoms with Crippen molar-refractivity contribution in [3.63, 3.8) is 0 Å². The number of nitrogens with zero attached hydrogens (tertiary/aromatic N) is 1. The van der Waals surface area contributed by atoms with Gasteiger partial charge in [0, 0.05) is 0 Å². The molecule has 1 aliphatic rings. The molecule has 4 heteroatoms. The van der Waals surface area contributed by atoms with Crippen molar-refractivity contribution in [2.75, 3.05) is 0 Å². The monoisotopic (exact) mass is 321 g/mol. The molecular formula is C19H15NO2S. The Balaban J connectivity index is 1.96. The summed E-state index contributed by atoms with van der Waals surface area (Å²) in [5, 5.41) is 10.2. The van der Waals surface area contributed by atoms with Crippen LogP contribution in [-0.4, -0.2) is 15.9 Å². The van der Waals surface area contributed by atoms with Crippen LogP contribution in [0.4, 0.5) is 5.69 Å². The number of carbonyl (C=O) groups excluding carboxylic acids is 1. The van der Waals surface area contributed by atoms with Crippen LogP contribution >= 0.6 is 11.8 Å². The summed E-state index contributed by atoms with van der Waals surface area (Å²) in [6.07, 6.45) is 1.81. The zero-order chi connectivity index (χ0) is 16.2. The number of hydrogen-bond donors (Lipinski definition) is 1. The molecule has 0 radical (unpaired) electrons. The Morgan fingerprint density at radius 3 is 2.30 bits per heavy atom. The summed E-state index contributed by atoms with van der Waals surface area (Å²) in [6.45, 7) is 1.74. The summed E-state index contributed by atoms with van der Waals surface area (Å²) in [4.78, 5) is 17.2. The highest BCUT2D eigenvalue weighted by Crippen LogP contribution is 2.38. The highest BCUT2D eigenvalue weighted by Gasteiger charge is 2.30. The molecule has 0 spiro atoms. The minimum Gasteiger partial charge on any atom is -0.506 e. The fraction of sp³-hybridized carbons (Fsp3) is 0.0526. The topological polar surface area (TPSA) is 49.7 Å². The van der Waals surface area contributed by atoms with Crippen LogP contribution in [0.25, 0.3) is 6.08 Å². The molecule has 0 aromatic heterocycles. The quantitative estimate of drug-likeness (QED) is 0.818. The third-order valence-electron chi connectivity index (χ3n) is 3.39. The molecule has 0 bridgehead atoms. The number of aliphatic imine (C=N–C) groups is 1. The second kappa shape index (κ2) is 6.67. The summed E-state index contributed by atoms with van der Waals surface area (Å²) in [7, 11) is 0. The van der Waals surface area contributed by atoms with E-state index in [1.165, 1.54) is 0 Å². The van der Waals surface area contributed by atoms with Gasteiger partial charge in [0.15, 0.2) is 0 Å². The van der Waals surface area contributed by atoms with E-state index in [1.54, 1.807) is 13.0 Å². The molecule has 2 aromatic carbocycles. The van der Waals surface area contributed by atoms with E-state index in [4.69, 9.17) is 0 Å². The zero-order valence-corrected chi connectivity index (χ0v) is 13.4. The second-order valence-corrected chi connectivity index (χ2v) is 6.08. The standard InChI is InChI=1S/C19H15NO2S/c1-13(20-15-10-6-3-7-11-15)17-18(21)16(23-19(17)22)12-14-8-4-2-5-9-14/h2-12,21H,1H3/b16-12+,20-13?. The van der Waals surface area contributed by atoms with Gasteiger partial charge >= 0.3 is 0 Å². The van der Waals surface area contributed by atoms with Gasteiger partial charge in [-0.2, -0.15) is 0 Å². The van der Waals surface area contributed by atoms with Crippen LogP contribution in [0.3, 0.4) is 0 Å². The smallest absolute Gasteiger partial charge is 0.229 e. The molecule has 0 saturated carbocycles. The van der Waals surface area contributed by atoms with E-state index in [1.807, 2.05) is 60.7 Å². The Morgan fingerprint density at radius 1 is 1.04 bits per heavy atom. The molecule has 0 unspecified atom stereocenters. The lowest BCUT2D eigenvalue weighted by Gasteiger charge is -2.01. The average molecular weight is 321 g/mol. The Labute approximate surface area is 139 Å². The summed E-state index contributed by atoms with van der Waals surface area (Å²) >= 11 is 1.03. The molecule has 0 saturated heterocycles. The van der Waals surface area contributed by atoms with Crippen molar-refractivity contribution < 1.29 is 9.90 Å². The summed E-state index contributed by atoms with van der Waals surface area (Å²) in [5.41, 5.74) is 2.49. The molecule has 23 heavy (non-hydrogen) atoms. The number of aliphatic hydroxyl groups is 1. The first-order valence-corrected chi connectivity index (χ1v) is 8.00. The van der Waals surface area contributed by atoms with Crippen molar-refractivity contribution in [3.8, 4) is 0 Å². The van der Waals surface area contributed by atoms with Gasteiger partial charge in [-0.1, -0.05) is 48.5 Å². The van der Waals surface area contributed by atoms with E-state index < -0.39 is 0 Å². The van der Waals surface area contributed by atoms with Gasteiger partial charge in [0.1, 0.15) is 5.76 Å². The van der Waals surface area contributed by atoms with Crippen LogP contribution < -0.4 is 0 Å². The van der Waals surface area contributed by atoms with E-state index in [0.717, 1.165) is 23.0 Å². The molecule has 1 aliphatic heterocycles. The first-order valence-electron chi connectivity index (χ1n) is 7.18. The van der Waals surface area contributed by atoms with Crippen LogP contribution in [0.15, 0.2) is 81.9 Å². The molecule has 0 atom stereocenters. The minimum atomic E-state index is -0.179. The molecular weight excluding hydrogens is 306 g/mol. The molecule has 2 aromatic rings. The van der Waals surface area contributed by atoms with E-state index >= 15 is 0 Å².